The third-order valence-electron chi connectivity index (χ3n) is 5.62. The van der Waals surface area contributed by atoms with Gasteiger partial charge in [0, 0.05) is 31.1 Å². The van der Waals surface area contributed by atoms with Gasteiger partial charge in [-0.15, -0.1) is 0 Å². The number of ether oxygens (including phenoxy) is 1. The first-order valence-electron chi connectivity index (χ1n) is 11.4. The fourth-order valence-electron chi connectivity index (χ4n) is 3.65. The number of carboxylic acid groups (broad SMARTS) is 1. The molecule has 1 unspecified atom stereocenters. The number of hydrogen-bond acceptors (Lipinski definition) is 3. The van der Waals surface area contributed by atoms with Gasteiger partial charge in [0.2, 0.25) is 0 Å². The average Bonchev–Trinajstić information content (AvgIpc) is 3.60. The molecule has 1 aliphatic heterocycles. The maximum atomic E-state index is 13.4. The summed E-state index contributed by atoms with van der Waals surface area (Å²) >= 11 is 0. The Morgan fingerprint density at radius 1 is 1.00 bits per heavy atom. The maximum absolute atomic E-state index is 13.4. The Labute approximate surface area is 199 Å². The van der Waals surface area contributed by atoms with Crippen molar-refractivity contribution >= 4 is 11.7 Å². The fourth-order valence-corrected chi connectivity index (χ4v) is 3.65. The zero-order valence-corrected chi connectivity index (χ0v) is 19.0. The van der Waals surface area contributed by atoms with Crippen LogP contribution < -0.4 is 9.64 Å². The van der Waals surface area contributed by atoms with Gasteiger partial charge in [-0.05, 0) is 48.7 Å². The van der Waals surface area contributed by atoms with E-state index in [0.717, 1.165) is 5.56 Å². The van der Waals surface area contributed by atoms with Gasteiger partial charge in [-0.1, -0.05) is 31.4 Å². The Hall–Kier alpha value is -2.91. The van der Waals surface area contributed by atoms with Crippen molar-refractivity contribution in [1.29, 1.82) is 0 Å². The third-order valence-corrected chi connectivity index (χ3v) is 5.62. The van der Waals surface area contributed by atoms with E-state index in [1.165, 1.54) is 24.2 Å². The van der Waals surface area contributed by atoms with E-state index in [1.807, 2.05) is 0 Å². The molecule has 4 nitrogen and oxygen atoms in total. The van der Waals surface area contributed by atoms with Crippen LogP contribution in [0.2, 0.25) is 0 Å². The van der Waals surface area contributed by atoms with Crippen molar-refractivity contribution in [3.63, 3.8) is 0 Å². The molecule has 35 heavy (non-hydrogen) atoms. The number of aryl methyl sites for hydroxylation is 1. The zero-order valence-electron chi connectivity index (χ0n) is 19.0. The normalized spacial score (nSPS) is 17.5. The molecule has 0 spiro atoms. The molecule has 192 valence electrons. The first-order valence-corrected chi connectivity index (χ1v) is 11.4. The lowest BCUT2D eigenvalue weighted by atomic mass is 10.1. The summed E-state index contributed by atoms with van der Waals surface area (Å²) in [7, 11) is 0. The van der Waals surface area contributed by atoms with Gasteiger partial charge < -0.3 is 14.7 Å². The molecular formula is C25H27F6NO3. The molecule has 10 heteroatoms. The van der Waals surface area contributed by atoms with E-state index in [0.29, 0.717) is 36.8 Å². The van der Waals surface area contributed by atoms with E-state index in [1.54, 1.807) is 24.3 Å². The van der Waals surface area contributed by atoms with Crippen molar-refractivity contribution in [2.45, 2.75) is 50.9 Å². The number of anilines is 1. The molecule has 4 rings (SSSR count). The van der Waals surface area contributed by atoms with Gasteiger partial charge in [0.15, 0.2) is 0 Å². The Morgan fingerprint density at radius 3 is 2.31 bits per heavy atom. The second kappa shape index (κ2) is 11.2. The van der Waals surface area contributed by atoms with Crippen LogP contribution in [0.4, 0.5) is 32.0 Å². The van der Waals surface area contributed by atoms with Crippen LogP contribution in [0, 0.1) is 5.92 Å². The van der Waals surface area contributed by atoms with Crippen LogP contribution in [0.1, 0.15) is 48.8 Å². The van der Waals surface area contributed by atoms with Gasteiger partial charge in [0.05, 0.1) is 17.7 Å². The molecule has 1 N–H and O–H groups in total. The summed E-state index contributed by atoms with van der Waals surface area (Å²) in [5, 5.41) is 8.77. The molecule has 2 aliphatic rings. The minimum atomic E-state index is -4.77. The largest absolute Gasteiger partial charge is 0.493 e. The van der Waals surface area contributed by atoms with Crippen LogP contribution in [-0.2, 0) is 23.6 Å². The summed E-state index contributed by atoms with van der Waals surface area (Å²) < 4.78 is 85.0. The van der Waals surface area contributed by atoms with Crippen molar-refractivity contribution in [3.05, 3.63) is 59.2 Å². The highest BCUT2D eigenvalue weighted by molar-refractivity contribution is 5.67. The van der Waals surface area contributed by atoms with Crippen LogP contribution in [0.3, 0.4) is 0 Å². The van der Waals surface area contributed by atoms with E-state index in [-0.39, 0.29) is 32.0 Å². The third kappa shape index (κ3) is 8.36. The molecule has 2 aromatic carbocycles. The number of hydrogen-bond donors (Lipinski definition) is 1. The van der Waals surface area contributed by atoms with Gasteiger partial charge in [-0.3, -0.25) is 4.79 Å². The lowest BCUT2D eigenvalue weighted by Gasteiger charge is -2.24. The molecule has 1 saturated heterocycles. The minimum Gasteiger partial charge on any atom is -0.493 e. The molecule has 2 fully saturated rings. The SMILES string of the molecule is C1CC1.O=C(O)CCc1cccc(OCC2CCN(c3cc(C(F)(F)F)ccc3C(F)(F)F)C2)c1. The van der Waals surface area contributed by atoms with Crippen molar-refractivity contribution < 1.29 is 41.0 Å². The van der Waals surface area contributed by atoms with Crippen molar-refractivity contribution in [2.75, 3.05) is 24.6 Å². The van der Waals surface area contributed by atoms with Gasteiger partial charge in [0.25, 0.3) is 0 Å². The zero-order chi connectivity index (χ0) is 25.6. The van der Waals surface area contributed by atoms with Gasteiger partial charge in [-0.2, -0.15) is 26.3 Å². The number of aliphatic carboxylic acids is 1. The summed E-state index contributed by atoms with van der Waals surface area (Å²) in [4.78, 5) is 12.0. The molecule has 2 aromatic rings. The lowest BCUT2D eigenvalue weighted by Crippen LogP contribution is -2.25. The number of carbonyl (C=O) groups is 1. The molecule has 1 heterocycles. The second-order valence-corrected chi connectivity index (χ2v) is 8.74. The minimum absolute atomic E-state index is 0.0282. The van der Waals surface area contributed by atoms with Crippen LogP contribution in [0.25, 0.3) is 0 Å². The molecular weight excluding hydrogens is 476 g/mol. The summed E-state index contributed by atoms with van der Waals surface area (Å²) in [6.45, 7) is 0.485. The number of benzene rings is 2. The first-order chi connectivity index (χ1) is 16.4. The highest BCUT2D eigenvalue weighted by Gasteiger charge is 2.39. The molecule has 1 aliphatic carbocycles. The van der Waals surface area contributed by atoms with E-state index >= 15 is 0 Å². The monoisotopic (exact) mass is 503 g/mol. The molecule has 1 saturated carbocycles. The first kappa shape index (κ1) is 26.7. The van der Waals surface area contributed by atoms with Crippen LogP contribution in [0.15, 0.2) is 42.5 Å². The number of carboxylic acids is 1. The maximum Gasteiger partial charge on any atom is 0.418 e. The van der Waals surface area contributed by atoms with E-state index < -0.39 is 35.1 Å². The Kier molecular flexibility index (Phi) is 8.56. The highest BCUT2D eigenvalue weighted by Crippen LogP contribution is 2.41. The summed E-state index contributed by atoms with van der Waals surface area (Å²) in [5.74, 6) is -0.593. The molecule has 0 aromatic heterocycles. The van der Waals surface area contributed by atoms with Crippen LogP contribution >= 0.6 is 0 Å². The number of alkyl halides is 6. The van der Waals surface area contributed by atoms with Crippen LogP contribution in [-0.4, -0.2) is 30.8 Å². The smallest absolute Gasteiger partial charge is 0.418 e. The van der Waals surface area contributed by atoms with Crippen molar-refractivity contribution in [1.82, 2.24) is 0 Å². The molecule has 0 bridgehead atoms. The number of nitrogens with zero attached hydrogens (tertiary/aromatic N) is 1. The van der Waals surface area contributed by atoms with Gasteiger partial charge in [0.1, 0.15) is 5.75 Å². The molecule has 0 radical (unpaired) electrons. The van der Waals surface area contributed by atoms with E-state index in [2.05, 4.69) is 0 Å². The molecule has 1 atom stereocenters. The fraction of sp³-hybridized carbons (Fsp3) is 0.480. The van der Waals surface area contributed by atoms with Gasteiger partial charge >= 0.3 is 18.3 Å². The summed E-state index contributed by atoms with van der Waals surface area (Å²) in [5.41, 5.74) is -1.93. The average molecular weight is 503 g/mol. The predicted octanol–water partition coefficient (Wildman–Crippen LogP) is 6.82. The predicted molar refractivity (Wildman–Crippen MR) is 119 cm³/mol. The van der Waals surface area contributed by atoms with Crippen molar-refractivity contribution in [2.24, 2.45) is 5.92 Å². The Morgan fingerprint density at radius 2 is 1.71 bits per heavy atom. The second-order valence-electron chi connectivity index (χ2n) is 8.74. The summed E-state index contributed by atoms with van der Waals surface area (Å²) in [6, 6.07) is 8.34. The summed E-state index contributed by atoms with van der Waals surface area (Å²) in [6.07, 6.45) is -4.25. The quantitative estimate of drug-likeness (QED) is 0.422. The topological polar surface area (TPSA) is 49.8 Å². The number of rotatable bonds is 7. The van der Waals surface area contributed by atoms with Crippen LogP contribution in [0.5, 0.6) is 5.75 Å². The van der Waals surface area contributed by atoms with Crippen molar-refractivity contribution in [3.8, 4) is 5.75 Å². The highest BCUT2D eigenvalue weighted by atomic mass is 19.4. The Balaban J connectivity index is 0.00000106. The van der Waals surface area contributed by atoms with E-state index in [4.69, 9.17) is 9.84 Å². The van der Waals surface area contributed by atoms with E-state index in [9.17, 15) is 31.1 Å². The Bertz CT molecular complexity index is 1000. The van der Waals surface area contributed by atoms with Gasteiger partial charge in [-0.25, -0.2) is 0 Å². The standard InChI is InChI=1S/C22H21F6NO3.C3H6/c23-21(24,25)16-5-6-18(22(26,27)28)19(11-16)29-9-8-15(12-29)13-32-17-3-1-2-14(10-17)4-7-20(30)31;1-2-3-1/h1-3,5-6,10-11,15H,4,7-9,12-13H2,(H,30,31);1-3H2. The lowest BCUT2D eigenvalue weighted by molar-refractivity contribution is -0.141. The molecule has 0 amide bonds. The number of halogens is 6.